The van der Waals surface area contributed by atoms with Gasteiger partial charge < -0.3 is 14.8 Å². The highest BCUT2D eigenvalue weighted by Crippen LogP contribution is 2.34. The number of hydrogen-bond acceptors (Lipinski definition) is 2. The lowest BCUT2D eigenvalue weighted by Crippen LogP contribution is -2.42. The van der Waals surface area contributed by atoms with Crippen molar-refractivity contribution in [1.82, 2.24) is 9.47 Å². The van der Waals surface area contributed by atoms with Crippen molar-refractivity contribution in [2.75, 3.05) is 18.4 Å². The zero-order chi connectivity index (χ0) is 20.1. The summed E-state index contributed by atoms with van der Waals surface area (Å²) >= 11 is 0. The van der Waals surface area contributed by atoms with E-state index in [1.807, 2.05) is 6.07 Å². The molecule has 1 N–H and O–H groups in total. The van der Waals surface area contributed by atoms with Crippen LogP contribution in [0.25, 0.3) is 10.9 Å². The van der Waals surface area contributed by atoms with Gasteiger partial charge in [0.2, 0.25) is 0 Å². The standard InChI is InChI=1S/C23H32N4O/c1-4-7-18(8-5-2)21-16-26(3)22-11-10-19(13-20(21)22)25-23(28)27-12-6-9-17(14-24)15-27/h10-11,13,16-18H,4-9,12,15H2,1-3H3,(H,25,28). The van der Waals surface area contributed by atoms with Gasteiger partial charge in [0.1, 0.15) is 0 Å². The average molecular weight is 381 g/mol. The minimum atomic E-state index is -0.101. The lowest BCUT2D eigenvalue weighted by Gasteiger charge is -2.29. The molecule has 0 radical (unpaired) electrons. The van der Waals surface area contributed by atoms with E-state index in [1.165, 1.54) is 42.1 Å². The second kappa shape index (κ2) is 9.14. The van der Waals surface area contributed by atoms with Crippen molar-refractivity contribution >= 4 is 22.6 Å². The number of benzene rings is 1. The Morgan fingerprint density at radius 3 is 2.75 bits per heavy atom. The second-order valence-electron chi connectivity index (χ2n) is 8.05. The molecule has 0 aliphatic carbocycles. The predicted molar refractivity (Wildman–Crippen MR) is 114 cm³/mol. The third-order valence-electron chi connectivity index (χ3n) is 5.88. The summed E-state index contributed by atoms with van der Waals surface area (Å²) in [5, 5.41) is 13.5. The van der Waals surface area contributed by atoms with Gasteiger partial charge in [0.05, 0.1) is 12.0 Å². The first-order valence-electron chi connectivity index (χ1n) is 10.6. The van der Waals surface area contributed by atoms with Crippen LogP contribution in [0.2, 0.25) is 0 Å². The summed E-state index contributed by atoms with van der Waals surface area (Å²) in [7, 11) is 2.09. The van der Waals surface area contributed by atoms with Gasteiger partial charge in [-0.05, 0) is 55.4 Å². The molecule has 2 aromatic rings. The number of nitrogens with zero attached hydrogens (tertiary/aromatic N) is 3. The van der Waals surface area contributed by atoms with Crippen molar-refractivity contribution in [3.05, 3.63) is 30.0 Å². The number of fused-ring (bicyclic) bond motifs is 1. The topological polar surface area (TPSA) is 61.1 Å². The second-order valence-corrected chi connectivity index (χ2v) is 8.05. The molecule has 1 aliphatic rings. The summed E-state index contributed by atoms with van der Waals surface area (Å²) in [5.74, 6) is 0.509. The molecule has 0 saturated carbocycles. The number of piperidine rings is 1. The Balaban J connectivity index is 1.84. The molecule has 2 heterocycles. The van der Waals surface area contributed by atoms with Crippen LogP contribution in [0.5, 0.6) is 0 Å². The number of aryl methyl sites for hydroxylation is 1. The Hall–Kier alpha value is -2.48. The number of nitriles is 1. The van der Waals surface area contributed by atoms with Crippen LogP contribution in [0, 0.1) is 17.2 Å². The van der Waals surface area contributed by atoms with Crippen molar-refractivity contribution in [2.24, 2.45) is 13.0 Å². The fraction of sp³-hybridized carbons (Fsp3) is 0.565. The van der Waals surface area contributed by atoms with E-state index in [-0.39, 0.29) is 11.9 Å². The largest absolute Gasteiger partial charge is 0.350 e. The molecule has 1 aromatic heterocycles. The quantitative estimate of drug-likeness (QED) is 0.706. The van der Waals surface area contributed by atoms with Crippen LogP contribution in [0.3, 0.4) is 0 Å². The molecule has 28 heavy (non-hydrogen) atoms. The molecule has 5 nitrogen and oxygen atoms in total. The van der Waals surface area contributed by atoms with Gasteiger partial charge in [-0.3, -0.25) is 0 Å². The third-order valence-corrected chi connectivity index (χ3v) is 5.88. The molecule has 1 atom stereocenters. The number of nitrogens with one attached hydrogen (secondary N) is 1. The van der Waals surface area contributed by atoms with Crippen LogP contribution in [0.4, 0.5) is 10.5 Å². The molecule has 1 aliphatic heterocycles. The van der Waals surface area contributed by atoms with Gasteiger partial charge >= 0.3 is 6.03 Å². The first-order valence-corrected chi connectivity index (χ1v) is 10.6. The fourth-order valence-corrected chi connectivity index (χ4v) is 4.45. The Labute approximate surface area is 168 Å². The van der Waals surface area contributed by atoms with Crippen LogP contribution < -0.4 is 5.32 Å². The number of carbonyl (C=O) groups is 1. The van der Waals surface area contributed by atoms with E-state index in [4.69, 9.17) is 5.26 Å². The van der Waals surface area contributed by atoms with Gasteiger partial charge in [-0.25, -0.2) is 4.79 Å². The molecular formula is C23H32N4O. The van der Waals surface area contributed by atoms with Crippen LogP contribution in [0.15, 0.2) is 24.4 Å². The van der Waals surface area contributed by atoms with Gasteiger partial charge in [0, 0.05) is 42.9 Å². The summed E-state index contributed by atoms with van der Waals surface area (Å²) < 4.78 is 2.19. The zero-order valence-corrected chi connectivity index (χ0v) is 17.4. The third kappa shape index (κ3) is 4.32. The number of likely N-dealkylation sites (tertiary alicyclic amines) is 1. The maximum absolute atomic E-state index is 12.7. The lowest BCUT2D eigenvalue weighted by atomic mass is 9.90. The van der Waals surface area contributed by atoms with E-state index in [0.717, 1.165) is 25.1 Å². The predicted octanol–water partition coefficient (Wildman–Crippen LogP) is 5.63. The van der Waals surface area contributed by atoms with Gasteiger partial charge in [-0.1, -0.05) is 26.7 Å². The Morgan fingerprint density at radius 1 is 1.32 bits per heavy atom. The Bertz CT molecular complexity index is 857. The molecule has 1 unspecified atom stereocenters. The highest BCUT2D eigenvalue weighted by atomic mass is 16.2. The molecule has 1 aromatic carbocycles. The number of amides is 2. The highest BCUT2D eigenvalue weighted by Gasteiger charge is 2.24. The minimum absolute atomic E-state index is 0.0495. The normalized spacial score (nSPS) is 17.1. The maximum atomic E-state index is 12.7. The van der Waals surface area contributed by atoms with Crippen LogP contribution >= 0.6 is 0 Å². The molecular weight excluding hydrogens is 348 g/mol. The molecule has 3 rings (SSSR count). The number of urea groups is 1. The smallest absolute Gasteiger partial charge is 0.321 e. The summed E-state index contributed by atoms with van der Waals surface area (Å²) in [4.78, 5) is 14.5. The number of rotatable bonds is 6. The maximum Gasteiger partial charge on any atom is 0.321 e. The number of hydrogen-bond donors (Lipinski definition) is 1. The Kier molecular flexibility index (Phi) is 6.61. The van der Waals surface area contributed by atoms with E-state index >= 15 is 0 Å². The van der Waals surface area contributed by atoms with Gasteiger partial charge in [0.15, 0.2) is 0 Å². The van der Waals surface area contributed by atoms with Crippen molar-refractivity contribution in [2.45, 2.75) is 58.3 Å². The number of carbonyl (C=O) groups excluding carboxylic acids is 1. The lowest BCUT2D eigenvalue weighted by molar-refractivity contribution is 0.189. The highest BCUT2D eigenvalue weighted by molar-refractivity contribution is 5.94. The molecule has 150 valence electrons. The average Bonchev–Trinajstić information content (AvgIpc) is 3.03. The molecule has 2 amide bonds. The van der Waals surface area contributed by atoms with Crippen molar-refractivity contribution in [3.8, 4) is 6.07 Å². The molecule has 1 saturated heterocycles. The van der Waals surface area contributed by atoms with Crippen LogP contribution in [-0.2, 0) is 7.05 Å². The van der Waals surface area contributed by atoms with E-state index in [2.05, 4.69) is 55.2 Å². The van der Waals surface area contributed by atoms with E-state index in [0.29, 0.717) is 12.5 Å². The van der Waals surface area contributed by atoms with Crippen LogP contribution in [-0.4, -0.2) is 28.6 Å². The summed E-state index contributed by atoms with van der Waals surface area (Å²) in [5.41, 5.74) is 3.42. The van der Waals surface area contributed by atoms with Crippen LogP contribution in [0.1, 0.15) is 63.9 Å². The Morgan fingerprint density at radius 2 is 2.07 bits per heavy atom. The number of anilines is 1. The minimum Gasteiger partial charge on any atom is -0.350 e. The molecule has 5 heteroatoms. The first kappa shape index (κ1) is 20.3. The summed E-state index contributed by atoms with van der Waals surface area (Å²) in [6.07, 6.45) is 8.76. The zero-order valence-electron chi connectivity index (χ0n) is 17.4. The van der Waals surface area contributed by atoms with Gasteiger partial charge in [0.25, 0.3) is 0 Å². The van der Waals surface area contributed by atoms with E-state index in [9.17, 15) is 4.79 Å². The monoisotopic (exact) mass is 380 g/mol. The summed E-state index contributed by atoms with van der Waals surface area (Å²) in [6, 6.07) is 8.39. The molecule has 0 bridgehead atoms. The van der Waals surface area contributed by atoms with E-state index < -0.39 is 0 Å². The number of aromatic nitrogens is 1. The van der Waals surface area contributed by atoms with Gasteiger partial charge in [-0.2, -0.15) is 5.26 Å². The SMILES string of the molecule is CCCC(CCC)c1cn(C)c2ccc(NC(=O)N3CCCC(C#N)C3)cc12. The van der Waals surface area contributed by atoms with Crippen molar-refractivity contribution < 1.29 is 4.79 Å². The van der Waals surface area contributed by atoms with Crippen molar-refractivity contribution in [3.63, 3.8) is 0 Å². The molecule has 0 spiro atoms. The van der Waals surface area contributed by atoms with Crippen molar-refractivity contribution in [1.29, 1.82) is 5.26 Å². The summed E-state index contributed by atoms with van der Waals surface area (Å²) in [6.45, 7) is 5.73. The van der Waals surface area contributed by atoms with E-state index in [1.54, 1.807) is 4.90 Å². The first-order chi connectivity index (χ1) is 13.6. The fourth-order valence-electron chi connectivity index (χ4n) is 4.45. The van der Waals surface area contributed by atoms with Gasteiger partial charge in [-0.15, -0.1) is 0 Å². The molecule has 1 fully saturated rings.